The highest BCUT2D eigenvalue weighted by atomic mass is 35.5. The van der Waals surface area contributed by atoms with Gasteiger partial charge in [0.25, 0.3) is 15.9 Å². The van der Waals surface area contributed by atoms with Gasteiger partial charge in [0, 0.05) is 5.56 Å². The zero-order chi connectivity index (χ0) is 23.3. The van der Waals surface area contributed by atoms with Crippen LogP contribution in [0.1, 0.15) is 16.7 Å². The molecular formula is C23H21ClFN3O3S. The third kappa shape index (κ3) is 5.52. The van der Waals surface area contributed by atoms with E-state index >= 15 is 0 Å². The van der Waals surface area contributed by atoms with Crippen LogP contribution in [0.15, 0.2) is 76.7 Å². The molecule has 0 aliphatic rings. The summed E-state index contributed by atoms with van der Waals surface area (Å²) in [6.45, 7) is 3.15. The van der Waals surface area contributed by atoms with Gasteiger partial charge in [0.05, 0.1) is 21.8 Å². The first-order valence-electron chi connectivity index (χ1n) is 9.60. The number of carbonyl (C=O) groups excluding carboxylic acids is 1. The quantitative estimate of drug-likeness (QED) is 0.407. The van der Waals surface area contributed by atoms with Gasteiger partial charge in [0.1, 0.15) is 12.4 Å². The third-order valence-electron chi connectivity index (χ3n) is 4.50. The molecule has 0 unspecified atom stereocenters. The van der Waals surface area contributed by atoms with E-state index in [9.17, 15) is 17.6 Å². The highest BCUT2D eigenvalue weighted by molar-refractivity contribution is 7.92. The lowest BCUT2D eigenvalue weighted by atomic mass is 10.1. The highest BCUT2D eigenvalue weighted by Crippen LogP contribution is 2.25. The minimum Gasteiger partial charge on any atom is -0.271 e. The fraction of sp³-hybridized carbons (Fsp3) is 0.130. The number of hydrogen-bond acceptors (Lipinski definition) is 4. The zero-order valence-corrected chi connectivity index (χ0v) is 19.0. The van der Waals surface area contributed by atoms with Crippen LogP contribution < -0.4 is 9.73 Å². The Balaban J connectivity index is 1.89. The van der Waals surface area contributed by atoms with Crippen molar-refractivity contribution in [2.75, 3.05) is 10.8 Å². The van der Waals surface area contributed by atoms with Gasteiger partial charge in [-0.15, -0.1) is 0 Å². The molecule has 0 fully saturated rings. The molecule has 166 valence electrons. The van der Waals surface area contributed by atoms with E-state index in [1.807, 2.05) is 19.9 Å². The van der Waals surface area contributed by atoms with Crippen molar-refractivity contribution < 1.29 is 17.6 Å². The van der Waals surface area contributed by atoms with Crippen LogP contribution in [0.4, 0.5) is 10.1 Å². The smallest absolute Gasteiger partial charge is 0.264 e. The summed E-state index contributed by atoms with van der Waals surface area (Å²) in [5.74, 6) is -1.30. The molecule has 0 aliphatic carbocycles. The number of nitrogens with one attached hydrogen (secondary N) is 1. The lowest BCUT2D eigenvalue weighted by Gasteiger charge is -2.24. The Kier molecular flexibility index (Phi) is 7.27. The summed E-state index contributed by atoms with van der Waals surface area (Å²) < 4.78 is 41.5. The maximum atomic E-state index is 13.9. The highest BCUT2D eigenvalue weighted by Gasteiger charge is 2.27. The van der Waals surface area contributed by atoms with Crippen molar-refractivity contribution in [1.29, 1.82) is 0 Å². The Morgan fingerprint density at radius 2 is 1.72 bits per heavy atom. The largest absolute Gasteiger partial charge is 0.271 e. The molecule has 0 spiro atoms. The van der Waals surface area contributed by atoms with E-state index in [2.05, 4.69) is 10.5 Å². The molecule has 0 atom stereocenters. The minimum absolute atomic E-state index is 0.0116. The second kappa shape index (κ2) is 9.93. The first-order chi connectivity index (χ1) is 15.2. The number of hydrogen-bond donors (Lipinski definition) is 1. The summed E-state index contributed by atoms with van der Waals surface area (Å²) in [4.78, 5) is 12.6. The molecule has 1 amide bonds. The summed E-state index contributed by atoms with van der Waals surface area (Å²) in [6, 6.07) is 17.3. The molecule has 0 radical (unpaired) electrons. The van der Waals surface area contributed by atoms with Gasteiger partial charge in [-0.25, -0.2) is 18.2 Å². The second-order valence-electron chi connectivity index (χ2n) is 7.10. The topological polar surface area (TPSA) is 78.8 Å². The Morgan fingerprint density at radius 3 is 2.34 bits per heavy atom. The van der Waals surface area contributed by atoms with E-state index in [0.29, 0.717) is 5.69 Å². The van der Waals surface area contributed by atoms with E-state index in [1.54, 1.807) is 30.3 Å². The number of nitrogens with zero attached hydrogens (tertiary/aromatic N) is 2. The molecule has 3 aromatic carbocycles. The van der Waals surface area contributed by atoms with Gasteiger partial charge in [-0.2, -0.15) is 5.10 Å². The monoisotopic (exact) mass is 473 g/mol. The van der Waals surface area contributed by atoms with Gasteiger partial charge >= 0.3 is 0 Å². The lowest BCUT2D eigenvalue weighted by Crippen LogP contribution is -2.39. The predicted octanol–water partition coefficient (Wildman–Crippen LogP) is 4.44. The molecule has 0 aromatic heterocycles. The van der Waals surface area contributed by atoms with E-state index in [-0.39, 0.29) is 15.5 Å². The third-order valence-corrected chi connectivity index (χ3v) is 6.61. The van der Waals surface area contributed by atoms with Gasteiger partial charge in [0.15, 0.2) is 0 Å². The number of aryl methyl sites for hydroxylation is 2. The average Bonchev–Trinajstić information content (AvgIpc) is 2.74. The van der Waals surface area contributed by atoms with Gasteiger partial charge in [-0.05, 0) is 61.4 Å². The molecule has 0 saturated heterocycles. The van der Waals surface area contributed by atoms with Crippen molar-refractivity contribution in [1.82, 2.24) is 5.43 Å². The summed E-state index contributed by atoms with van der Waals surface area (Å²) in [5.41, 5.74) is 4.30. The molecule has 6 nitrogen and oxygen atoms in total. The van der Waals surface area contributed by atoms with Crippen LogP contribution in [-0.4, -0.2) is 27.1 Å². The Morgan fingerprint density at radius 1 is 1.06 bits per heavy atom. The molecular weight excluding hydrogens is 453 g/mol. The molecule has 3 rings (SSSR count). The number of rotatable bonds is 7. The van der Waals surface area contributed by atoms with Crippen molar-refractivity contribution in [3.63, 3.8) is 0 Å². The number of halogens is 2. The summed E-state index contributed by atoms with van der Waals surface area (Å²) in [6.07, 6.45) is 1.07. The van der Waals surface area contributed by atoms with Crippen molar-refractivity contribution in [2.24, 2.45) is 5.10 Å². The van der Waals surface area contributed by atoms with E-state index in [1.165, 1.54) is 30.3 Å². The number of anilines is 1. The van der Waals surface area contributed by atoms with Crippen LogP contribution in [0.3, 0.4) is 0 Å². The maximum Gasteiger partial charge on any atom is 0.264 e. The molecule has 0 bridgehead atoms. The first-order valence-corrected chi connectivity index (χ1v) is 11.4. The van der Waals surface area contributed by atoms with E-state index in [4.69, 9.17) is 11.6 Å². The van der Waals surface area contributed by atoms with Crippen molar-refractivity contribution in [3.8, 4) is 0 Å². The number of benzene rings is 3. The van der Waals surface area contributed by atoms with Crippen molar-refractivity contribution in [2.45, 2.75) is 18.7 Å². The fourth-order valence-electron chi connectivity index (χ4n) is 3.10. The second-order valence-corrected chi connectivity index (χ2v) is 9.37. The first kappa shape index (κ1) is 23.4. The van der Waals surface area contributed by atoms with Crippen molar-refractivity contribution >= 4 is 39.4 Å². The van der Waals surface area contributed by atoms with Crippen LogP contribution >= 0.6 is 11.6 Å². The summed E-state index contributed by atoms with van der Waals surface area (Å²) in [5, 5.41) is 3.86. The van der Waals surface area contributed by atoms with Crippen LogP contribution in [-0.2, 0) is 14.8 Å². The normalized spacial score (nSPS) is 11.5. The standard InChI is InChI=1S/C23H21ClFN3O3S/c1-16-11-17(2)13-18(12-16)28(32(30,31)19-7-4-3-5-8-19)15-23(29)27-26-14-20-21(24)9-6-10-22(20)25/h3-14H,15H2,1-2H3,(H,27,29)/b26-14-. The molecule has 0 aliphatic heterocycles. The van der Waals surface area contributed by atoms with Crippen LogP contribution in [0.25, 0.3) is 0 Å². The average molecular weight is 474 g/mol. The fourth-order valence-corrected chi connectivity index (χ4v) is 4.74. The van der Waals surface area contributed by atoms with E-state index < -0.39 is 28.3 Å². The SMILES string of the molecule is Cc1cc(C)cc(N(CC(=O)N/N=C\c2c(F)cccc2Cl)S(=O)(=O)c2ccccc2)c1. The predicted molar refractivity (Wildman–Crippen MR) is 124 cm³/mol. The van der Waals surface area contributed by atoms with Crippen molar-refractivity contribution in [3.05, 3.63) is 94.3 Å². The minimum atomic E-state index is -4.03. The van der Waals surface area contributed by atoms with Gasteiger partial charge in [-0.1, -0.05) is 41.9 Å². The van der Waals surface area contributed by atoms with Crippen LogP contribution in [0.5, 0.6) is 0 Å². The molecule has 1 N–H and O–H groups in total. The zero-order valence-electron chi connectivity index (χ0n) is 17.4. The molecule has 32 heavy (non-hydrogen) atoms. The Hall–Kier alpha value is -3.23. The molecule has 0 saturated carbocycles. The van der Waals surface area contributed by atoms with Gasteiger partial charge < -0.3 is 0 Å². The lowest BCUT2D eigenvalue weighted by molar-refractivity contribution is -0.119. The number of sulfonamides is 1. The molecule has 3 aromatic rings. The van der Waals surface area contributed by atoms with Gasteiger partial charge in [0.2, 0.25) is 0 Å². The number of amides is 1. The maximum absolute atomic E-state index is 13.9. The van der Waals surface area contributed by atoms with Gasteiger partial charge in [-0.3, -0.25) is 9.10 Å². The van der Waals surface area contributed by atoms with Crippen LogP contribution in [0, 0.1) is 19.7 Å². The van der Waals surface area contributed by atoms with Crippen LogP contribution in [0.2, 0.25) is 5.02 Å². The Bertz CT molecular complexity index is 1220. The number of carbonyl (C=O) groups is 1. The molecule has 0 heterocycles. The van der Waals surface area contributed by atoms with E-state index in [0.717, 1.165) is 21.6 Å². The summed E-state index contributed by atoms with van der Waals surface area (Å²) >= 11 is 5.93. The molecule has 9 heteroatoms. The summed E-state index contributed by atoms with van der Waals surface area (Å²) in [7, 11) is -4.03. The number of hydrazone groups is 1. The Labute approximate surface area is 191 Å².